The lowest BCUT2D eigenvalue weighted by Gasteiger charge is -2.39. The van der Waals surface area contributed by atoms with Crippen molar-refractivity contribution in [1.29, 1.82) is 0 Å². The van der Waals surface area contributed by atoms with Gasteiger partial charge in [-0.25, -0.2) is 5.01 Å². The van der Waals surface area contributed by atoms with Crippen molar-refractivity contribution in [2.75, 3.05) is 32.7 Å². The van der Waals surface area contributed by atoms with Crippen LogP contribution in [0.5, 0.6) is 0 Å². The van der Waals surface area contributed by atoms with Gasteiger partial charge in [0.05, 0.1) is 6.54 Å². The van der Waals surface area contributed by atoms with Gasteiger partial charge in [-0.1, -0.05) is 6.42 Å². The number of carbonyl (C=O) groups excluding carboxylic acids is 1. The van der Waals surface area contributed by atoms with Crippen molar-refractivity contribution in [3.8, 4) is 0 Å². The molecule has 1 amide bonds. The molecule has 18 heavy (non-hydrogen) atoms. The molecular weight excluding hydrogens is 228 g/mol. The molecule has 0 aliphatic carbocycles. The van der Waals surface area contributed by atoms with Crippen molar-refractivity contribution in [2.24, 2.45) is 0 Å². The quantitative estimate of drug-likeness (QED) is 0.754. The number of rotatable bonds is 3. The summed E-state index contributed by atoms with van der Waals surface area (Å²) in [5.74, 6) is 0.137. The maximum atomic E-state index is 12.1. The van der Waals surface area contributed by atoms with E-state index in [1.165, 1.54) is 19.3 Å². The number of nitrogens with zero attached hydrogens (tertiary/aromatic N) is 2. The molecule has 2 fully saturated rings. The van der Waals surface area contributed by atoms with Crippen molar-refractivity contribution < 1.29 is 4.79 Å². The van der Waals surface area contributed by atoms with Gasteiger partial charge in [-0.15, -0.1) is 0 Å². The molecule has 0 aromatic carbocycles. The van der Waals surface area contributed by atoms with Crippen molar-refractivity contribution >= 4 is 5.91 Å². The average molecular weight is 254 g/mol. The summed E-state index contributed by atoms with van der Waals surface area (Å²) in [4.78, 5) is 14.3. The Hall–Kier alpha value is -0.650. The Morgan fingerprint density at radius 2 is 1.83 bits per heavy atom. The minimum atomic E-state index is 0.137. The number of hydrogen-bond acceptors (Lipinski definition) is 4. The van der Waals surface area contributed by atoms with Crippen molar-refractivity contribution in [2.45, 2.75) is 45.2 Å². The molecule has 2 aliphatic heterocycles. The van der Waals surface area contributed by atoms with E-state index in [0.29, 0.717) is 18.6 Å². The Bertz CT molecular complexity index is 268. The molecular formula is C13H26N4O. The van der Waals surface area contributed by atoms with Gasteiger partial charge in [0.1, 0.15) is 0 Å². The van der Waals surface area contributed by atoms with E-state index in [-0.39, 0.29) is 5.91 Å². The van der Waals surface area contributed by atoms with Crippen LogP contribution in [0.3, 0.4) is 0 Å². The fourth-order valence-electron chi connectivity index (χ4n) is 2.89. The monoisotopic (exact) mass is 254 g/mol. The Morgan fingerprint density at radius 1 is 1.22 bits per heavy atom. The number of amides is 1. The molecule has 5 heteroatoms. The lowest BCUT2D eigenvalue weighted by Crippen LogP contribution is -2.56. The van der Waals surface area contributed by atoms with Crippen molar-refractivity contribution in [1.82, 2.24) is 20.7 Å². The van der Waals surface area contributed by atoms with Crippen LogP contribution in [0, 0.1) is 0 Å². The Balaban J connectivity index is 1.78. The van der Waals surface area contributed by atoms with Crippen LogP contribution in [0.2, 0.25) is 0 Å². The lowest BCUT2D eigenvalue weighted by molar-refractivity contribution is -0.130. The average Bonchev–Trinajstić information content (AvgIpc) is 2.35. The molecule has 2 saturated heterocycles. The summed E-state index contributed by atoms with van der Waals surface area (Å²) in [6.07, 6.45) is 3.63. The van der Waals surface area contributed by atoms with Gasteiger partial charge in [0, 0.05) is 38.3 Å². The van der Waals surface area contributed by atoms with Crippen molar-refractivity contribution in [3.05, 3.63) is 0 Å². The molecule has 104 valence electrons. The lowest BCUT2D eigenvalue weighted by atomic mass is 10.00. The Kier molecular flexibility index (Phi) is 4.97. The zero-order valence-electron chi connectivity index (χ0n) is 11.6. The van der Waals surface area contributed by atoms with Gasteiger partial charge in [-0.3, -0.25) is 15.1 Å². The van der Waals surface area contributed by atoms with Gasteiger partial charge in [0.25, 0.3) is 0 Å². The van der Waals surface area contributed by atoms with E-state index in [2.05, 4.69) is 34.5 Å². The third kappa shape index (κ3) is 3.67. The minimum Gasteiger partial charge on any atom is -0.314 e. The van der Waals surface area contributed by atoms with E-state index in [1.54, 1.807) is 0 Å². The number of piperidine rings is 1. The first-order valence-corrected chi connectivity index (χ1v) is 7.17. The van der Waals surface area contributed by atoms with E-state index in [4.69, 9.17) is 0 Å². The fourth-order valence-corrected chi connectivity index (χ4v) is 2.89. The molecule has 0 radical (unpaired) electrons. The van der Waals surface area contributed by atoms with Gasteiger partial charge >= 0.3 is 0 Å². The third-order valence-electron chi connectivity index (χ3n) is 4.02. The maximum Gasteiger partial charge on any atom is 0.248 e. The van der Waals surface area contributed by atoms with Crippen molar-refractivity contribution in [3.63, 3.8) is 0 Å². The standard InChI is InChI=1S/C13H26N4O/c1-11-4-3-5-12(2)17(11)15-13(18)10-16-8-6-14-7-9-16/h11-12,14H,3-10H2,1-2H3,(H,15,18). The number of nitrogens with one attached hydrogen (secondary N) is 2. The van der Waals surface area contributed by atoms with Crippen LogP contribution in [0.25, 0.3) is 0 Å². The molecule has 2 atom stereocenters. The summed E-state index contributed by atoms with van der Waals surface area (Å²) in [5, 5.41) is 5.45. The number of piperazine rings is 1. The van der Waals surface area contributed by atoms with Gasteiger partial charge in [-0.2, -0.15) is 0 Å². The number of hydrazine groups is 1. The highest BCUT2D eigenvalue weighted by molar-refractivity contribution is 5.77. The minimum absolute atomic E-state index is 0.137. The zero-order valence-corrected chi connectivity index (χ0v) is 11.6. The highest BCUT2D eigenvalue weighted by Gasteiger charge is 2.26. The Labute approximate surface area is 110 Å². The summed E-state index contributed by atoms with van der Waals surface area (Å²) in [6.45, 7) is 8.84. The van der Waals surface area contributed by atoms with E-state index in [1.807, 2.05) is 0 Å². The highest BCUT2D eigenvalue weighted by Crippen LogP contribution is 2.20. The summed E-state index contributed by atoms with van der Waals surface area (Å²) in [5.41, 5.74) is 3.10. The van der Waals surface area contributed by atoms with E-state index < -0.39 is 0 Å². The van der Waals surface area contributed by atoms with Crippen LogP contribution in [-0.2, 0) is 4.79 Å². The third-order valence-corrected chi connectivity index (χ3v) is 4.02. The van der Waals surface area contributed by atoms with E-state index in [0.717, 1.165) is 26.2 Å². The normalized spacial score (nSPS) is 31.2. The molecule has 2 N–H and O–H groups in total. The molecule has 0 spiro atoms. The van der Waals surface area contributed by atoms with Crippen LogP contribution < -0.4 is 10.7 Å². The van der Waals surface area contributed by atoms with Gasteiger partial charge < -0.3 is 5.32 Å². The molecule has 5 nitrogen and oxygen atoms in total. The molecule has 0 saturated carbocycles. The largest absolute Gasteiger partial charge is 0.314 e. The SMILES string of the molecule is CC1CCCC(C)N1NC(=O)CN1CCNCC1. The summed E-state index contributed by atoms with van der Waals surface area (Å²) >= 11 is 0. The van der Waals surface area contributed by atoms with Crippen LogP contribution in [0.4, 0.5) is 0 Å². The number of carbonyl (C=O) groups is 1. The second-order valence-corrected chi connectivity index (χ2v) is 5.60. The second kappa shape index (κ2) is 6.50. The van der Waals surface area contributed by atoms with Crippen LogP contribution in [0.15, 0.2) is 0 Å². The zero-order chi connectivity index (χ0) is 13.0. The summed E-state index contributed by atoms with van der Waals surface area (Å²) in [7, 11) is 0. The molecule has 2 aliphatic rings. The van der Waals surface area contributed by atoms with Crippen LogP contribution in [0.1, 0.15) is 33.1 Å². The smallest absolute Gasteiger partial charge is 0.248 e. The van der Waals surface area contributed by atoms with Gasteiger partial charge in [0.15, 0.2) is 0 Å². The summed E-state index contributed by atoms with van der Waals surface area (Å²) < 4.78 is 0. The van der Waals surface area contributed by atoms with Crippen LogP contribution in [-0.4, -0.2) is 60.6 Å². The molecule has 0 bridgehead atoms. The summed E-state index contributed by atoms with van der Waals surface area (Å²) in [6, 6.07) is 0.918. The molecule has 0 aromatic heterocycles. The molecule has 2 unspecified atom stereocenters. The molecule has 2 rings (SSSR count). The fraction of sp³-hybridized carbons (Fsp3) is 0.923. The molecule has 0 aromatic rings. The first-order valence-electron chi connectivity index (χ1n) is 7.17. The second-order valence-electron chi connectivity index (χ2n) is 5.60. The first kappa shape index (κ1) is 13.8. The van der Waals surface area contributed by atoms with Gasteiger partial charge in [-0.05, 0) is 26.7 Å². The Morgan fingerprint density at radius 3 is 2.44 bits per heavy atom. The number of hydrogen-bond donors (Lipinski definition) is 2. The van der Waals surface area contributed by atoms with Crippen LogP contribution >= 0.6 is 0 Å². The predicted molar refractivity (Wildman–Crippen MR) is 72.1 cm³/mol. The highest BCUT2D eigenvalue weighted by atomic mass is 16.2. The predicted octanol–water partition coefficient (Wildman–Crippen LogP) is 0.186. The van der Waals surface area contributed by atoms with E-state index >= 15 is 0 Å². The first-order chi connectivity index (χ1) is 8.66. The topological polar surface area (TPSA) is 47.6 Å². The van der Waals surface area contributed by atoms with Gasteiger partial charge in [0.2, 0.25) is 5.91 Å². The maximum absolute atomic E-state index is 12.1. The van der Waals surface area contributed by atoms with E-state index in [9.17, 15) is 4.79 Å². The molecule has 2 heterocycles.